The van der Waals surface area contributed by atoms with Gasteiger partial charge in [0, 0.05) is 12.2 Å². The van der Waals surface area contributed by atoms with Crippen molar-refractivity contribution >= 4 is 11.6 Å². The molecule has 128 valence electrons. The number of hydrogen-bond donors (Lipinski definition) is 2. The number of nitrogens with zero attached hydrogens (tertiary/aromatic N) is 1. The lowest BCUT2D eigenvalue weighted by atomic mass is 10.1. The van der Waals surface area contributed by atoms with E-state index in [1.165, 1.54) is 5.56 Å². The molecule has 0 bridgehead atoms. The van der Waals surface area contributed by atoms with Gasteiger partial charge in [-0.3, -0.25) is 9.69 Å². The Bertz CT molecular complexity index is 685. The number of aryl methyl sites for hydroxylation is 3. The second-order valence-electron chi connectivity index (χ2n) is 6.47. The number of amides is 1. The van der Waals surface area contributed by atoms with Crippen molar-refractivity contribution in [1.29, 1.82) is 0 Å². The standard InChI is InChI=1S/C20H26N2O2/c1-14-9-15(2)20(16(3)10-14)21-19(24)12-22(4)11-17-5-7-18(13-23)8-6-17/h5-10,23H,11-13H2,1-4H3,(H,21,24). The Kier molecular flexibility index (Phi) is 6.12. The monoisotopic (exact) mass is 326 g/mol. The molecular formula is C20H26N2O2. The maximum Gasteiger partial charge on any atom is 0.238 e. The van der Waals surface area contributed by atoms with Gasteiger partial charge in [-0.05, 0) is 50.1 Å². The van der Waals surface area contributed by atoms with Crippen molar-refractivity contribution in [2.24, 2.45) is 0 Å². The molecule has 0 aliphatic carbocycles. The topological polar surface area (TPSA) is 52.6 Å². The molecule has 0 spiro atoms. The highest BCUT2D eigenvalue weighted by Gasteiger charge is 2.11. The van der Waals surface area contributed by atoms with Gasteiger partial charge in [0.2, 0.25) is 5.91 Å². The first-order valence-corrected chi connectivity index (χ1v) is 8.14. The third-order valence-corrected chi connectivity index (χ3v) is 4.01. The van der Waals surface area contributed by atoms with Crippen LogP contribution in [-0.2, 0) is 17.9 Å². The highest BCUT2D eigenvalue weighted by Crippen LogP contribution is 2.21. The Balaban J connectivity index is 1.94. The van der Waals surface area contributed by atoms with Gasteiger partial charge >= 0.3 is 0 Å². The van der Waals surface area contributed by atoms with Gasteiger partial charge in [0.05, 0.1) is 13.2 Å². The molecular weight excluding hydrogens is 300 g/mol. The molecule has 0 fully saturated rings. The second kappa shape index (κ2) is 8.08. The van der Waals surface area contributed by atoms with E-state index in [0.717, 1.165) is 27.9 Å². The third kappa shape index (κ3) is 4.91. The number of rotatable bonds is 6. The average Bonchev–Trinajstić information content (AvgIpc) is 2.51. The summed E-state index contributed by atoms with van der Waals surface area (Å²) in [6.07, 6.45) is 0. The maximum absolute atomic E-state index is 12.3. The van der Waals surface area contributed by atoms with Crippen LogP contribution in [0.1, 0.15) is 27.8 Å². The molecule has 0 saturated heterocycles. The number of carbonyl (C=O) groups is 1. The van der Waals surface area contributed by atoms with Crippen molar-refractivity contribution in [3.8, 4) is 0 Å². The number of anilines is 1. The lowest BCUT2D eigenvalue weighted by molar-refractivity contribution is -0.117. The van der Waals surface area contributed by atoms with Crippen LogP contribution in [-0.4, -0.2) is 29.5 Å². The fourth-order valence-corrected chi connectivity index (χ4v) is 2.92. The summed E-state index contributed by atoms with van der Waals surface area (Å²) in [6, 6.07) is 11.9. The molecule has 2 N–H and O–H groups in total. The minimum atomic E-state index is -0.0143. The molecule has 24 heavy (non-hydrogen) atoms. The van der Waals surface area contributed by atoms with Gasteiger partial charge in [-0.15, -0.1) is 0 Å². The molecule has 4 nitrogen and oxygen atoms in total. The zero-order chi connectivity index (χ0) is 17.7. The molecule has 2 aromatic carbocycles. The summed E-state index contributed by atoms with van der Waals surface area (Å²) in [6.45, 7) is 7.15. The van der Waals surface area contributed by atoms with Gasteiger partial charge < -0.3 is 10.4 Å². The van der Waals surface area contributed by atoms with E-state index in [4.69, 9.17) is 5.11 Å². The van der Waals surface area contributed by atoms with Crippen LogP contribution >= 0.6 is 0 Å². The van der Waals surface area contributed by atoms with Crippen molar-refractivity contribution in [2.45, 2.75) is 33.9 Å². The van der Waals surface area contributed by atoms with Crippen LogP contribution in [0.25, 0.3) is 0 Å². The van der Waals surface area contributed by atoms with E-state index in [9.17, 15) is 4.79 Å². The lowest BCUT2D eigenvalue weighted by Gasteiger charge is -2.18. The van der Waals surface area contributed by atoms with Gasteiger partial charge in [-0.2, -0.15) is 0 Å². The molecule has 0 unspecified atom stereocenters. The molecule has 0 radical (unpaired) electrons. The summed E-state index contributed by atoms with van der Waals surface area (Å²) in [7, 11) is 1.92. The van der Waals surface area contributed by atoms with Crippen LogP contribution in [0.2, 0.25) is 0 Å². The van der Waals surface area contributed by atoms with Gasteiger partial charge in [0.15, 0.2) is 0 Å². The van der Waals surface area contributed by atoms with Crippen LogP contribution < -0.4 is 5.32 Å². The predicted molar refractivity (Wildman–Crippen MR) is 98.0 cm³/mol. The zero-order valence-corrected chi connectivity index (χ0v) is 14.9. The van der Waals surface area contributed by atoms with Crippen molar-refractivity contribution in [2.75, 3.05) is 18.9 Å². The van der Waals surface area contributed by atoms with Crippen LogP contribution in [0.5, 0.6) is 0 Å². The predicted octanol–water partition coefficient (Wildman–Crippen LogP) is 3.17. The van der Waals surface area contributed by atoms with E-state index < -0.39 is 0 Å². The van der Waals surface area contributed by atoms with Gasteiger partial charge in [0.1, 0.15) is 0 Å². The first-order valence-electron chi connectivity index (χ1n) is 8.14. The zero-order valence-electron chi connectivity index (χ0n) is 14.9. The van der Waals surface area contributed by atoms with E-state index in [1.54, 1.807) is 0 Å². The number of aliphatic hydroxyl groups excluding tert-OH is 1. The van der Waals surface area contributed by atoms with Crippen LogP contribution in [0, 0.1) is 20.8 Å². The number of carbonyl (C=O) groups excluding carboxylic acids is 1. The van der Waals surface area contributed by atoms with E-state index in [-0.39, 0.29) is 12.5 Å². The molecule has 2 rings (SSSR count). The SMILES string of the molecule is Cc1cc(C)c(NC(=O)CN(C)Cc2ccc(CO)cc2)c(C)c1. The van der Waals surface area contributed by atoms with Crippen molar-refractivity contribution in [3.63, 3.8) is 0 Å². The highest BCUT2D eigenvalue weighted by atomic mass is 16.3. The van der Waals surface area contributed by atoms with E-state index >= 15 is 0 Å². The quantitative estimate of drug-likeness (QED) is 0.857. The Morgan fingerprint density at radius 2 is 1.58 bits per heavy atom. The molecule has 4 heteroatoms. The van der Waals surface area contributed by atoms with Crippen LogP contribution in [0.15, 0.2) is 36.4 Å². The van der Waals surface area contributed by atoms with E-state index in [0.29, 0.717) is 13.1 Å². The number of nitrogens with one attached hydrogen (secondary N) is 1. The number of hydrogen-bond acceptors (Lipinski definition) is 3. The summed E-state index contributed by atoms with van der Waals surface area (Å²) in [5.74, 6) is -0.0143. The van der Waals surface area contributed by atoms with Crippen LogP contribution in [0.3, 0.4) is 0 Å². The van der Waals surface area contributed by atoms with E-state index in [1.807, 2.05) is 50.1 Å². The van der Waals surface area contributed by atoms with Crippen molar-refractivity contribution in [1.82, 2.24) is 4.90 Å². The minimum absolute atomic E-state index is 0.0143. The fraction of sp³-hybridized carbons (Fsp3) is 0.350. The summed E-state index contributed by atoms with van der Waals surface area (Å²) in [4.78, 5) is 14.3. The summed E-state index contributed by atoms with van der Waals surface area (Å²) < 4.78 is 0. The molecule has 1 amide bonds. The normalized spacial score (nSPS) is 10.9. The average molecular weight is 326 g/mol. The fourth-order valence-electron chi connectivity index (χ4n) is 2.92. The summed E-state index contributed by atoms with van der Waals surface area (Å²) in [5, 5.41) is 12.1. The molecule has 2 aromatic rings. The molecule has 0 atom stereocenters. The third-order valence-electron chi connectivity index (χ3n) is 4.01. The molecule has 0 heterocycles. The van der Waals surface area contributed by atoms with Crippen molar-refractivity contribution in [3.05, 3.63) is 64.2 Å². The first kappa shape index (κ1) is 18.2. The summed E-state index contributed by atoms with van der Waals surface area (Å²) >= 11 is 0. The molecule has 0 aromatic heterocycles. The van der Waals surface area contributed by atoms with Gasteiger partial charge in [-0.25, -0.2) is 0 Å². The molecule has 0 aliphatic heterocycles. The summed E-state index contributed by atoms with van der Waals surface area (Å²) in [5.41, 5.74) is 6.29. The van der Waals surface area contributed by atoms with Crippen molar-refractivity contribution < 1.29 is 9.90 Å². The Labute approximate surface area is 144 Å². The number of benzene rings is 2. The van der Waals surface area contributed by atoms with Gasteiger partial charge in [0.25, 0.3) is 0 Å². The largest absolute Gasteiger partial charge is 0.392 e. The second-order valence-corrected chi connectivity index (χ2v) is 6.47. The van der Waals surface area contributed by atoms with E-state index in [2.05, 4.69) is 24.4 Å². The highest BCUT2D eigenvalue weighted by molar-refractivity contribution is 5.93. The maximum atomic E-state index is 12.3. The Morgan fingerprint density at radius 1 is 1.04 bits per heavy atom. The Morgan fingerprint density at radius 3 is 2.12 bits per heavy atom. The smallest absolute Gasteiger partial charge is 0.238 e. The lowest BCUT2D eigenvalue weighted by Crippen LogP contribution is -2.30. The first-order chi connectivity index (χ1) is 11.4. The van der Waals surface area contributed by atoms with Crippen LogP contribution in [0.4, 0.5) is 5.69 Å². The molecule has 0 saturated carbocycles. The van der Waals surface area contributed by atoms with Gasteiger partial charge in [-0.1, -0.05) is 42.0 Å². The molecule has 0 aliphatic rings. The number of aliphatic hydroxyl groups is 1. The number of likely N-dealkylation sites (N-methyl/N-ethyl adjacent to an activating group) is 1. The Hall–Kier alpha value is -2.17. The minimum Gasteiger partial charge on any atom is -0.392 e.